The highest BCUT2D eigenvalue weighted by molar-refractivity contribution is 7.89. The summed E-state index contributed by atoms with van der Waals surface area (Å²) < 4.78 is 63.1. The van der Waals surface area contributed by atoms with Crippen LogP contribution >= 0.6 is 0 Å². The first-order valence-corrected chi connectivity index (χ1v) is 19.4. The molecular weight excluding hydrogens is 621 g/mol. The van der Waals surface area contributed by atoms with Gasteiger partial charge in [-0.05, 0) is 75.3 Å². The Morgan fingerprint density at radius 1 is 0.848 bits per heavy atom. The number of sulfonamides is 2. The van der Waals surface area contributed by atoms with Crippen molar-refractivity contribution in [1.82, 2.24) is 8.61 Å². The summed E-state index contributed by atoms with van der Waals surface area (Å²) in [6, 6.07) is 13.2. The quantitative estimate of drug-likeness (QED) is 0.185. The third-order valence-electron chi connectivity index (χ3n) is 9.31. The van der Waals surface area contributed by atoms with Gasteiger partial charge in [0.15, 0.2) is 0 Å². The molecule has 248 valence electrons. The lowest BCUT2D eigenvalue weighted by molar-refractivity contribution is -0.146. The Balaban J connectivity index is 1.37. The fraction of sp³-hybridized carbons (Fsp3) is 0.528. The molecule has 0 spiro atoms. The molecule has 1 unspecified atom stereocenters. The second-order valence-electron chi connectivity index (χ2n) is 13.0. The van der Waals surface area contributed by atoms with E-state index in [-0.39, 0.29) is 35.3 Å². The highest BCUT2D eigenvalue weighted by Crippen LogP contribution is 2.32. The molecule has 8 nitrogen and oxygen atoms in total. The van der Waals surface area contributed by atoms with Gasteiger partial charge in [0.1, 0.15) is 12.6 Å². The second-order valence-corrected chi connectivity index (χ2v) is 16.8. The molecule has 1 atom stereocenters. The van der Waals surface area contributed by atoms with E-state index in [0.717, 1.165) is 72.4 Å². The number of benzene rings is 2. The summed E-state index contributed by atoms with van der Waals surface area (Å²) in [4.78, 5) is 13.8. The van der Waals surface area contributed by atoms with Crippen LogP contribution in [-0.2, 0) is 29.6 Å². The zero-order chi connectivity index (χ0) is 32.7. The van der Waals surface area contributed by atoms with E-state index in [4.69, 9.17) is 4.74 Å². The molecule has 0 aromatic heterocycles. The molecule has 5 rings (SSSR count). The van der Waals surface area contributed by atoms with Crippen molar-refractivity contribution in [2.45, 2.75) is 94.0 Å². The number of rotatable bonds is 9. The average molecular weight is 667 g/mol. The fourth-order valence-corrected chi connectivity index (χ4v) is 9.26. The highest BCUT2D eigenvalue weighted by Gasteiger charge is 2.39. The molecule has 3 aliphatic rings. The molecule has 0 N–H and O–H groups in total. The molecule has 2 aromatic carbocycles. The molecule has 1 aliphatic heterocycles. The lowest BCUT2D eigenvalue weighted by atomic mass is 9.87. The van der Waals surface area contributed by atoms with Gasteiger partial charge < -0.3 is 4.74 Å². The molecule has 2 saturated carbocycles. The Morgan fingerprint density at radius 3 is 2.02 bits per heavy atom. The van der Waals surface area contributed by atoms with Crippen LogP contribution in [0.4, 0.5) is 0 Å². The van der Waals surface area contributed by atoms with E-state index in [1.165, 1.54) is 29.3 Å². The number of allylic oxidation sites excluding steroid dienone is 1. The molecule has 0 radical (unpaired) electrons. The predicted octanol–water partition coefficient (Wildman–Crippen LogP) is 6.00. The maximum Gasteiger partial charge on any atom is 0.321 e. The fourth-order valence-electron chi connectivity index (χ4n) is 6.54. The van der Waals surface area contributed by atoms with Crippen molar-refractivity contribution in [3.63, 3.8) is 0 Å². The van der Waals surface area contributed by atoms with E-state index >= 15 is 0 Å². The molecule has 2 aromatic rings. The van der Waals surface area contributed by atoms with Crippen LogP contribution in [-0.4, -0.2) is 63.7 Å². The molecule has 3 fully saturated rings. The normalized spacial score (nSPS) is 21.3. The number of carbonyl (C=O) groups is 1. The van der Waals surface area contributed by atoms with Crippen molar-refractivity contribution in [3.05, 3.63) is 71.3 Å². The van der Waals surface area contributed by atoms with Crippen molar-refractivity contribution in [2.75, 3.05) is 26.2 Å². The summed E-state index contributed by atoms with van der Waals surface area (Å²) in [5, 5.41) is 0. The lowest BCUT2D eigenvalue weighted by Gasteiger charge is -2.22. The van der Waals surface area contributed by atoms with Crippen LogP contribution in [0.1, 0.15) is 75.3 Å². The third kappa shape index (κ3) is 8.68. The van der Waals surface area contributed by atoms with Gasteiger partial charge in [0.05, 0.1) is 22.9 Å². The van der Waals surface area contributed by atoms with Gasteiger partial charge in [-0.3, -0.25) is 4.79 Å². The van der Waals surface area contributed by atoms with E-state index < -0.39 is 38.7 Å². The monoisotopic (exact) mass is 666 g/mol. The molecule has 10 heteroatoms. The second kappa shape index (κ2) is 15.3. The average Bonchev–Trinajstić information content (AvgIpc) is 3.44. The minimum atomic E-state index is -4.05. The molecule has 0 bridgehead atoms. The first kappa shape index (κ1) is 34.4. The van der Waals surface area contributed by atoms with E-state index in [1.54, 1.807) is 36.4 Å². The first-order chi connectivity index (χ1) is 22.0. The standard InChI is InChI=1S/C36H46N2O6S2/c1-28-15-19-33(20-16-28)45(40,41)37(23-9-14-30-10-5-3-6-11-30)27-36(39)44-35-26-38(25-32(35)24-31-12-7-4-8-13-31)46(42,43)34-21-17-29(2)18-22-34/h15-22,24,30-31,35H,3-8,10-13,23,25-27H2,1-2H3/b32-24+. The van der Waals surface area contributed by atoms with Crippen molar-refractivity contribution < 1.29 is 26.4 Å². The highest BCUT2D eigenvalue weighted by atomic mass is 32.2. The summed E-state index contributed by atoms with van der Waals surface area (Å²) in [5.74, 6) is 6.07. The van der Waals surface area contributed by atoms with E-state index in [0.29, 0.717) is 5.92 Å². The smallest absolute Gasteiger partial charge is 0.321 e. The largest absolute Gasteiger partial charge is 0.455 e. The van der Waals surface area contributed by atoms with Crippen LogP contribution in [0.3, 0.4) is 0 Å². The number of esters is 1. The van der Waals surface area contributed by atoms with E-state index in [2.05, 4.69) is 17.9 Å². The van der Waals surface area contributed by atoms with Crippen LogP contribution in [0.2, 0.25) is 0 Å². The number of carbonyl (C=O) groups excluding carboxylic acids is 1. The number of hydrogen-bond donors (Lipinski definition) is 0. The van der Waals surface area contributed by atoms with Gasteiger partial charge in [0.2, 0.25) is 20.0 Å². The summed E-state index contributed by atoms with van der Waals surface area (Å²) >= 11 is 0. The van der Waals surface area contributed by atoms with Gasteiger partial charge in [0, 0.05) is 12.5 Å². The molecule has 46 heavy (non-hydrogen) atoms. The van der Waals surface area contributed by atoms with Crippen LogP contribution in [0.15, 0.2) is 70.0 Å². The third-order valence-corrected chi connectivity index (χ3v) is 12.9. The number of aryl methyl sites for hydroxylation is 2. The van der Waals surface area contributed by atoms with Crippen LogP contribution in [0.5, 0.6) is 0 Å². The van der Waals surface area contributed by atoms with Gasteiger partial charge in [-0.15, -0.1) is 0 Å². The van der Waals surface area contributed by atoms with Gasteiger partial charge in [-0.1, -0.05) is 91.8 Å². The van der Waals surface area contributed by atoms with Crippen molar-refractivity contribution in [1.29, 1.82) is 0 Å². The zero-order valence-electron chi connectivity index (χ0n) is 27.0. The predicted molar refractivity (Wildman–Crippen MR) is 179 cm³/mol. The number of nitrogens with zero attached hydrogens (tertiary/aromatic N) is 2. The topological polar surface area (TPSA) is 101 Å². The van der Waals surface area contributed by atoms with Crippen LogP contribution in [0.25, 0.3) is 0 Å². The number of ether oxygens (including phenoxy) is 1. The van der Waals surface area contributed by atoms with E-state index in [9.17, 15) is 21.6 Å². The minimum Gasteiger partial charge on any atom is -0.455 e. The minimum absolute atomic E-state index is 0.0211. The molecule has 1 heterocycles. The van der Waals surface area contributed by atoms with Crippen LogP contribution in [0, 0.1) is 37.5 Å². The lowest BCUT2D eigenvalue weighted by Crippen LogP contribution is -2.38. The summed E-state index contributed by atoms with van der Waals surface area (Å²) in [5.41, 5.74) is 2.63. The molecular formula is C36H46N2O6S2. The Kier molecular flexibility index (Phi) is 11.4. The zero-order valence-corrected chi connectivity index (χ0v) is 28.6. The maximum absolute atomic E-state index is 13.7. The van der Waals surface area contributed by atoms with Crippen molar-refractivity contribution in [3.8, 4) is 11.8 Å². The Hall–Kier alpha value is -2.97. The Morgan fingerprint density at radius 2 is 1.41 bits per heavy atom. The Labute approximate surface area is 275 Å². The SMILES string of the molecule is Cc1ccc(S(=O)(=O)N(CC#CC2CCCCC2)CC(=O)OC2CN(S(=O)(=O)c3ccc(C)cc3)C/C2=C\C2CCCCC2)cc1. The molecule has 2 aliphatic carbocycles. The van der Waals surface area contributed by atoms with Gasteiger partial charge in [0.25, 0.3) is 0 Å². The summed E-state index contributed by atoms with van der Waals surface area (Å²) in [7, 11) is -7.88. The molecule has 0 amide bonds. The van der Waals surface area contributed by atoms with Crippen LogP contribution < -0.4 is 0 Å². The summed E-state index contributed by atoms with van der Waals surface area (Å²) in [6.45, 7) is 3.23. The van der Waals surface area contributed by atoms with Gasteiger partial charge in [-0.2, -0.15) is 8.61 Å². The van der Waals surface area contributed by atoms with Crippen molar-refractivity contribution in [2.24, 2.45) is 11.8 Å². The number of hydrogen-bond acceptors (Lipinski definition) is 6. The van der Waals surface area contributed by atoms with E-state index in [1.807, 2.05) is 13.8 Å². The van der Waals surface area contributed by atoms with Crippen molar-refractivity contribution >= 4 is 26.0 Å². The molecule has 1 saturated heterocycles. The van der Waals surface area contributed by atoms with Gasteiger partial charge >= 0.3 is 5.97 Å². The Bertz CT molecular complexity index is 1660. The summed E-state index contributed by atoms with van der Waals surface area (Å²) in [6.07, 6.45) is 12.1. The van der Waals surface area contributed by atoms with Gasteiger partial charge in [-0.25, -0.2) is 16.8 Å². The maximum atomic E-state index is 13.7. The first-order valence-electron chi connectivity index (χ1n) is 16.5.